The zero-order chi connectivity index (χ0) is 14.5. The Morgan fingerprint density at radius 2 is 2.00 bits per heavy atom. The van der Waals surface area contributed by atoms with Gasteiger partial charge in [0.25, 0.3) is 0 Å². The first-order valence-electron chi connectivity index (χ1n) is 6.51. The van der Waals surface area contributed by atoms with Gasteiger partial charge in [-0.1, -0.05) is 6.07 Å². The highest BCUT2D eigenvalue weighted by atomic mass is 16.5. The molecule has 0 spiro atoms. The van der Waals surface area contributed by atoms with Crippen LogP contribution in [0.3, 0.4) is 0 Å². The summed E-state index contributed by atoms with van der Waals surface area (Å²) in [5.41, 5.74) is 1.84. The van der Waals surface area contributed by atoms with E-state index in [1.807, 2.05) is 25.1 Å². The summed E-state index contributed by atoms with van der Waals surface area (Å²) >= 11 is 0. The molecule has 19 heavy (non-hydrogen) atoms. The van der Waals surface area contributed by atoms with Crippen LogP contribution in [0.25, 0.3) is 0 Å². The topological polar surface area (TPSA) is 50.4 Å². The molecule has 0 unspecified atom stereocenters. The van der Waals surface area contributed by atoms with Gasteiger partial charge in [-0.15, -0.1) is 0 Å². The number of anilines is 1. The van der Waals surface area contributed by atoms with Crippen LogP contribution in [-0.2, 0) is 4.79 Å². The Morgan fingerprint density at radius 1 is 1.32 bits per heavy atom. The van der Waals surface area contributed by atoms with Crippen LogP contribution < -0.4 is 15.4 Å². The predicted octanol–water partition coefficient (Wildman–Crippen LogP) is 2.72. The summed E-state index contributed by atoms with van der Waals surface area (Å²) in [6.07, 6.45) is 0.439. The maximum Gasteiger partial charge on any atom is 0.225 e. The third kappa shape index (κ3) is 5.75. The van der Waals surface area contributed by atoms with Crippen LogP contribution in [0, 0.1) is 6.92 Å². The molecular formula is C15H24N2O2. The summed E-state index contributed by atoms with van der Waals surface area (Å²) in [7, 11) is 1.60. The molecule has 0 aliphatic heterocycles. The van der Waals surface area contributed by atoms with Crippen LogP contribution in [-0.4, -0.2) is 25.1 Å². The van der Waals surface area contributed by atoms with Gasteiger partial charge in [-0.2, -0.15) is 0 Å². The summed E-state index contributed by atoms with van der Waals surface area (Å²) in [6.45, 7) is 8.87. The Bertz CT molecular complexity index is 436. The molecule has 0 radical (unpaired) electrons. The zero-order valence-corrected chi connectivity index (χ0v) is 12.5. The second-order valence-electron chi connectivity index (χ2n) is 5.68. The molecule has 0 heterocycles. The van der Waals surface area contributed by atoms with Crippen LogP contribution >= 0.6 is 0 Å². The highest BCUT2D eigenvalue weighted by Crippen LogP contribution is 2.25. The molecule has 0 fully saturated rings. The van der Waals surface area contributed by atoms with Crippen LogP contribution in [0.5, 0.6) is 5.75 Å². The molecule has 106 valence electrons. The molecule has 4 heteroatoms. The van der Waals surface area contributed by atoms with Crippen LogP contribution in [0.2, 0.25) is 0 Å². The molecule has 4 nitrogen and oxygen atoms in total. The molecular weight excluding hydrogens is 240 g/mol. The molecule has 1 aromatic carbocycles. The fourth-order valence-electron chi connectivity index (χ4n) is 1.68. The van der Waals surface area contributed by atoms with Crippen molar-refractivity contribution in [3.05, 3.63) is 23.8 Å². The van der Waals surface area contributed by atoms with E-state index >= 15 is 0 Å². The number of carbonyl (C=O) groups excluding carboxylic acids is 1. The van der Waals surface area contributed by atoms with E-state index < -0.39 is 0 Å². The molecule has 0 aliphatic rings. The molecule has 0 aliphatic carbocycles. The number of aryl methyl sites for hydroxylation is 1. The van der Waals surface area contributed by atoms with Gasteiger partial charge in [0, 0.05) is 18.5 Å². The van der Waals surface area contributed by atoms with E-state index in [-0.39, 0.29) is 11.4 Å². The monoisotopic (exact) mass is 264 g/mol. The Balaban J connectivity index is 2.55. The summed E-state index contributed by atoms with van der Waals surface area (Å²) in [5.74, 6) is 0.670. The van der Waals surface area contributed by atoms with E-state index in [4.69, 9.17) is 4.74 Å². The largest absolute Gasteiger partial charge is 0.495 e. The SMILES string of the molecule is COc1ccc(C)cc1NC(=O)CCNC(C)(C)C. The fraction of sp³-hybridized carbons (Fsp3) is 0.533. The number of rotatable bonds is 5. The predicted molar refractivity (Wildman–Crippen MR) is 78.7 cm³/mol. The zero-order valence-electron chi connectivity index (χ0n) is 12.5. The van der Waals surface area contributed by atoms with Gasteiger partial charge in [-0.3, -0.25) is 4.79 Å². The maximum atomic E-state index is 11.9. The molecule has 0 atom stereocenters. The van der Waals surface area contributed by atoms with Crippen molar-refractivity contribution in [3.63, 3.8) is 0 Å². The van der Waals surface area contributed by atoms with Crippen molar-refractivity contribution in [2.45, 2.75) is 39.7 Å². The average molecular weight is 264 g/mol. The standard InChI is InChI=1S/C15H24N2O2/c1-11-6-7-13(19-5)12(10-11)17-14(18)8-9-16-15(2,3)4/h6-7,10,16H,8-9H2,1-5H3,(H,17,18). The molecule has 0 aromatic heterocycles. The van der Waals surface area contributed by atoms with Crippen LogP contribution in [0.4, 0.5) is 5.69 Å². The van der Waals surface area contributed by atoms with Crippen LogP contribution in [0.1, 0.15) is 32.8 Å². The lowest BCUT2D eigenvalue weighted by Crippen LogP contribution is -2.37. The van der Waals surface area contributed by atoms with Crippen molar-refractivity contribution in [2.24, 2.45) is 0 Å². The Kier molecular flexibility index (Phi) is 5.36. The second-order valence-corrected chi connectivity index (χ2v) is 5.68. The number of benzene rings is 1. The second kappa shape index (κ2) is 6.57. The smallest absolute Gasteiger partial charge is 0.225 e. The van der Waals surface area contributed by atoms with Crippen molar-refractivity contribution >= 4 is 11.6 Å². The van der Waals surface area contributed by atoms with E-state index in [9.17, 15) is 4.79 Å². The Labute approximate surface area is 115 Å². The van der Waals surface area contributed by atoms with Crippen LogP contribution in [0.15, 0.2) is 18.2 Å². The van der Waals surface area contributed by atoms with Gasteiger partial charge in [0.2, 0.25) is 5.91 Å². The highest BCUT2D eigenvalue weighted by molar-refractivity contribution is 5.92. The lowest BCUT2D eigenvalue weighted by atomic mass is 10.1. The number of ether oxygens (including phenoxy) is 1. The number of hydrogen-bond donors (Lipinski definition) is 2. The van der Waals surface area contributed by atoms with E-state index in [1.54, 1.807) is 7.11 Å². The van der Waals surface area contributed by atoms with Gasteiger partial charge in [0.05, 0.1) is 12.8 Å². The van der Waals surface area contributed by atoms with Crippen molar-refractivity contribution in [2.75, 3.05) is 19.0 Å². The lowest BCUT2D eigenvalue weighted by Gasteiger charge is -2.20. The van der Waals surface area contributed by atoms with Gasteiger partial charge in [-0.05, 0) is 45.4 Å². The number of nitrogens with one attached hydrogen (secondary N) is 2. The van der Waals surface area contributed by atoms with Gasteiger partial charge in [0.1, 0.15) is 5.75 Å². The minimum atomic E-state index is -0.0133. The summed E-state index contributed by atoms with van der Waals surface area (Å²) in [4.78, 5) is 11.9. The van der Waals surface area contributed by atoms with E-state index in [1.165, 1.54) is 0 Å². The minimum absolute atomic E-state index is 0.0133. The average Bonchev–Trinajstić information content (AvgIpc) is 2.27. The molecule has 0 bridgehead atoms. The highest BCUT2D eigenvalue weighted by Gasteiger charge is 2.11. The van der Waals surface area contributed by atoms with Gasteiger partial charge in [0.15, 0.2) is 0 Å². The van der Waals surface area contributed by atoms with Gasteiger partial charge in [-0.25, -0.2) is 0 Å². The third-order valence-corrected chi connectivity index (χ3v) is 2.64. The molecule has 0 saturated carbocycles. The van der Waals surface area contributed by atoms with Crippen molar-refractivity contribution in [3.8, 4) is 5.75 Å². The van der Waals surface area contributed by atoms with E-state index in [0.29, 0.717) is 18.7 Å². The number of amides is 1. The molecule has 0 saturated heterocycles. The van der Waals surface area contributed by atoms with E-state index in [2.05, 4.69) is 31.4 Å². The van der Waals surface area contributed by atoms with Crippen molar-refractivity contribution in [1.29, 1.82) is 0 Å². The van der Waals surface area contributed by atoms with Gasteiger partial charge < -0.3 is 15.4 Å². The third-order valence-electron chi connectivity index (χ3n) is 2.64. The Hall–Kier alpha value is -1.55. The minimum Gasteiger partial charge on any atom is -0.495 e. The quantitative estimate of drug-likeness (QED) is 0.859. The molecule has 2 N–H and O–H groups in total. The number of methoxy groups -OCH3 is 1. The lowest BCUT2D eigenvalue weighted by molar-refractivity contribution is -0.116. The van der Waals surface area contributed by atoms with Gasteiger partial charge >= 0.3 is 0 Å². The molecule has 1 rings (SSSR count). The molecule has 1 amide bonds. The first kappa shape index (κ1) is 15.5. The molecule has 1 aromatic rings. The maximum absolute atomic E-state index is 11.9. The van der Waals surface area contributed by atoms with Crippen molar-refractivity contribution in [1.82, 2.24) is 5.32 Å². The Morgan fingerprint density at radius 3 is 2.58 bits per heavy atom. The van der Waals surface area contributed by atoms with Crippen molar-refractivity contribution < 1.29 is 9.53 Å². The normalized spacial score (nSPS) is 11.2. The van der Waals surface area contributed by atoms with E-state index in [0.717, 1.165) is 11.3 Å². The first-order valence-corrected chi connectivity index (χ1v) is 6.51. The summed E-state index contributed by atoms with van der Waals surface area (Å²) in [6, 6.07) is 5.72. The number of hydrogen-bond acceptors (Lipinski definition) is 3. The fourth-order valence-corrected chi connectivity index (χ4v) is 1.68. The first-order chi connectivity index (χ1) is 8.81. The summed E-state index contributed by atoms with van der Waals surface area (Å²) < 4.78 is 5.23. The summed E-state index contributed by atoms with van der Waals surface area (Å²) in [5, 5.41) is 6.17. The number of carbonyl (C=O) groups is 1.